The fraction of sp³-hybridized carbons (Fsp3) is 0.952. The predicted octanol–water partition coefficient (Wildman–Crippen LogP) is 25.2. The van der Waals surface area contributed by atoms with E-state index in [1.165, 1.54) is 257 Å². The summed E-state index contributed by atoms with van der Waals surface area (Å²) in [6.45, 7) is 7.29. The van der Waals surface area contributed by atoms with Crippen LogP contribution in [0.15, 0.2) is 0 Å². The Bertz CT molecular complexity index is 1940. The molecule has 0 aromatic rings. The number of phosphoric ester groups is 2. The highest BCUT2D eigenvalue weighted by atomic mass is 31.2. The maximum atomic E-state index is 13.1. The van der Waals surface area contributed by atoms with Crippen LogP contribution in [0, 0.1) is 5.92 Å². The molecular formula is C83H162O17P2. The van der Waals surface area contributed by atoms with Crippen molar-refractivity contribution < 1.29 is 80.2 Å². The van der Waals surface area contributed by atoms with Gasteiger partial charge in [-0.05, 0) is 31.6 Å². The van der Waals surface area contributed by atoms with Crippen LogP contribution in [-0.4, -0.2) is 96.7 Å². The van der Waals surface area contributed by atoms with Crippen molar-refractivity contribution in [3.63, 3.8) is 0 Å². The molecule has 0 saturated carbocycles. The average molecular weight is 1490 g/mol. The van der Waals surface area contributed by atoms with Gasteiger partial charge < -0.3 is 33.8 Å². The molecule has 5 atom stereocenters. The Hall–Kier alpha value is -1.94. The maximum absolute atomic E-state index is 13.1. The standard InChI is InChI=1S/C83H162O17P2/c1-6-9-12-15-18-20-22-24-26-28-30-32-34-36-38-40-44-48-53-58-63-68-82(87)100-79(73-94-81(86)67-62-57-52-47-43-39-37-35-33-31-29-27-25-23-21-19-16-13-10-7-2)75-98-102(91,92)96-71-77(84)70-95-101(89,90)97-74-78(72-93-80(85)66-61-56-50-17-14-11-8-3)99-83(88)69-64-59-54-49-45-41-42-46-51-55-60-65-76(4)5/h76-79,84H,6-75H2,1-5H3,(H,89,90)(H,91,92)/t77-,78+,79+/m0/s1. The van der Waals surface area contributed by atoms with Gasteiger partial charge in [0.25, 0.3) is 0 Å². The van der Waals surface area contributed by atoms with Crippen LogP contribution in [-0.2, 0) is 65.4 Å². The molecule has 0 heterocycles. The van der Waals surface area contributed by atoms with Crippen LogP contribution < -0.4 is 0 Å². The van der Waals surface area contributed by atoms with E-state index in [1.807, 2.05) is 0 Å². The highest BCUT2D eigenvalue weighted by Gasteiger charge is 2.30. The highest BCUT2D eigenvalue weighted by Crippen LogP contribution is 2.45. The summed E-state index contributed by atoms with van der Waals surface area (Å²) in [5, 5.41) is 10.6. The predicted molar refractivity (Wildman–Crippen MR) is 418 cm³/mol. The second-order valence-corrected chi connectivity index (χ2v) is 33.3. The Labute approximate surface area is 626 Å². The summed E-state index contributed by atoms with van der Waals surface area (Å²) in [7, 11) is -9.92. The zero-order valence-electron chi connectivity index (χ0n) is 66.8. The van der Waals surface area contributed by atoms with Crippen LogP contribution in [0.1, 0.15) is 446 Å². The number of carbonyl (C=O) groups is 4. The molecule has 0 rings (SSSR count). The van der Waals surface area contributed by atoms with E-state index in [0.717, 1.165) is 109 Å². The summed E-state index contributed by atoms with van der Waals surface area (Å²) in [6.07, 6.45) is 68.4. The van der Waals surface area contributed by atoms with Gasteiger partial charge in [0.15, 0.2) is 12.2 Å². The van der Waals surface area contributed by atoms with Crippen molar-refractivity contribution in [1.29, 1.82) is 0 Å². The molecule has 0 fully saturated rings. The SMILES string of the molecule is CCCCCCCCCCCCCCCCCCCCCCCC(=O)O[C@H](COC(=O)CCCCCCCCCCCCCCCCCCCCCC)COP(=O)(O)OC[C@@H](O)COP(=O)(O)OC[C@@H](COC(=O)CCCCCCCCC)OC(=O)CCCCCCCCCCCCCC(C)C. The molecule has 0 amide bonds. The minimum absolute atomic E-state index is 0.107. The molecule has 102 heavy (non-hydrogen) atoms. The van der Waals surface area contributed by atoms with Crippen LogP contribution in [0.3, 0.4) is 0 Å². The fourth-order valence-electron chi connectivity index (χ4n) is 12.9. The van der Waals surface area contributed by atoms with Crippen molar-refractivity contribution in [3.05, 3.63) is 0 Å². The zero-order valence-corrected chi connectivity index (χ0v) is 68.5. The minimum atomic E-state index is -4.96. The Morgan fingerprint density at radius 2 is 0.451 bits per heavy atom. The molecular weight excluding hydrogens is 1330 g/mol. The van der Waals surface area contributed by atoms with E-state index in [-0.39, 0.29) is 25.7 Å². The quantitative estimate of drug-likeness (QED) is 0.0222. The number of esters is 4. The summed E-state index contributed by atoms with van der Waals surface area (Å²) in [6, 6.07) is 0. The molecule has 0 spiro atoms. The van der Waals surface area contributed by atoms with Crippen LogP contribution in [0.5, 0.6) is 0 Å². The molecule has 606 valence electrons. The lowest BCUT2D eigenvalue weighted by molar-refractivity contribution is -0.161. The second kappa shape index (κ2) is 75.9. The van der Waals surface area contributed by atoms with Gasteiger partial charge in [-0.2, -0.15) is 0 Å². The number of aliphatic hydroxyl groups excluding tert-OH is 1. The highest BCUT2D eigenvalue weighted by molar-refractivity contribution is 7.47. The third kappa shape index (κ3) is 76.3. The van der Waals surface area contributed by atoms with Crippen molar-refractivity contribution >= 4 is 39.5 Å². The maximum Gasteiger partial charge on any atom is 0.472 e. The molecule has 0 radical (unpaired) electrons. The van der Waals surface area contributed by atoms with E-state index in [9.17, 15) is 43.2 Å². The number of carbonyl (C=O) groups excluding carboxylic acids is 4. The Balaban J connectivity index is 5.16. The molecule has 19 heteroatoms. The normalized spacial score (nSPS) is 13.8. The topological polar surface area (TPSA) is 237 Å². The third-order valence-electron chi connectivity index (χ3n) is 19.5. The number of ether oxygens (including phenoxy) is 4. The summed E-state index contributed by atoms with van der Waals surface area (Å²) in [5.74, 6) is -1.35. The molecule has 0 aliphatic rings. The number of unbranched alkanes of at least 4 members (excludes halogenated alkanes) is 55. The first kappa shape index (κ1) is 100. The van der Waals surface area contributed by atoms with E-state index in [0.29, 0.717) is 25.7 Å². The number of hydrogen-bond acceptors (Lipinski definition) is 15. The van der Waals surface area contributed by atoms with Crippen molar-refractivity contribution in [1.82, 2.24) is 0 Å². The van der Waals surface area contributed by atoms with Crippen LogP contribution >= 0.6 is 15.6 Å². The summed E-state index contributed by atoms with van der Waals surface area (Å²) in [5.41, 5.74) is 0. The van der Waals surface area contributed by atoms with Gasteiger partial charge in [-0.3, -0.25) is 37.3 Å². The molecule has 0 aromatic carbocycles. The van der Waals surface area contributed by atoms with E-state index in [1.54, 1.807) is 0 Å². The van der Waals surface area contributed by atoms with Crippen LogP contribution in [0.2, 0.25) is 0 Å². The van der Waals surface area contributed by atoms with Crippen LogP contribution in [0.25, 0.3) is 0 Å². The molecule has 0 saturated heterocycles. The van der Waals surface area contributed by atoms with Gasteiger partial charge in [0.2, 0.25) is 0 Å². The first-order chi connectivity index (χ1) is 49.5. The fourth-order valence-corrected chi connectivity index (χ4v) is 14.5. The number of rotatable bonds is 83. The van der Waals surface area contributed by atoms with Crippen LogP contribution in [0.4, 0.5) is 0 Å². The van der Waals surface area contributed by atoms with E-state index < -0.39 is 97.5 Å². The van der Waals surface area contributed by atoms with Gasteiger partial charge in [-0.25, -0.2) is 9.13 Å². The van der Waals surface area contributed by atoms with Gasteiger partial charge in [0.05, 0.1) is 26.4 Å². The summed E-state index contributed by atoms with van der Waals surface area (Å²) < 4.78 is 68.6. The van der Waals surface area contributed by atoms with Gasteiger partial charge in [-0.1, -0.05) is 394 Å². The lowest BCUT2D eigenvalue weighted by Gasteiger charge is -2.21. The smallest absolute Gasteiger partial charge is 0.462 e. The van der Waals surface area contributed by atoms with Gasteiger partial charge in [-0.15, -0.1) is 0 Å². The first-order valence-electron chi connectivity index (χ1n) is 43.1. The Morgan fingerprint density at radius 1 is 0.265 bits per heavy atom. The first-order valence-corrected chi connectivity index (χ1v) is 46.1. The molecule has 3 N–H and O–H groups in total. The third-order valence-corrected chi connectivity index (χ3v) is 21.4. The molecule has 0 aliphatic carbocycles. The lowest BCUT2D eigenvalue weighted by atomic mass is 10.0. The summed E-state index contributed by atoms with van der Waals surface area (Å²) in [4.78, 5) is 72.9. The molecule has 2 unspecified atom stereocenters. The Kier molecular flexibility index (Phi) is 74.4. The number of phosphoric acid groups is 2. The van der Waals surface area contributed by atoms with Gasteiger partial charge >= 0.3 is 39.5 Å². The second-order valence-electron chi connectivity index (χ2n) is 30.3. The lowest BCUT2D eigenvalue weighted by Crippen LogP contribution is -2.30. The van der Waals surface area contributed by atoms with Gasteiger partial charge in [0, 0.05) is 25.7 Å². The molecule has 0 bridgehead atoms. The zero-order chi connectivity index (χ0) is 74.8. The van der Waals surface area contributed by atoms with Crippen molar-refractivity contribution in [3.8, 4) is 0 Å². The monoisotopic (exact) mass is 1490 g/mol. The summed E-state index contributed by atoms with van der Waals surface area (Å²) >= 11 is 0. The number of hydrogen-bond donors (Lipinski definition) is 3. The molecule has 0 aromatic heterocycles. The molecule has 17 nitrogen and oxygen atoms in total. The largest absolute Gasteiger partial charge is 0.472 e. The van der Waals surface area contributed by atoms with E-state index in [4.69, 9.17) is 37.0 Å². The van der Waals surface area contributed by atoms with Crippen molar-refractivity contribution in [2.45, 2.75) is 464 Å². The average Bonchev–Trinajstić information content (AvgIpc) is 0.940. The minimum Gasteiger partial charge on any atom is -0.462 e. The van der Waals surface area contributed by atoms with E-state index in [2.05, 4.69) is 34.6 Å². The van der Waals surface area contributed by atoms with Gasteiger partial charge in [0.1, 0.15) is 19.3 Å². The van der Waals surface area contributed by atoms with Crippen molar-refractivity contribution in [2.24, 2.45) is 5.92 Å². The molecule has 0 aliphatic heterocycles. The van der Waals surface area contributed by atoms with E-state index >= 15 is 0 Å². The number of aliphatic hydroxyl groups is 1. The Morgan fingerprint density at radius 3 is 0.667 bits per heavy atom. The van der Waals surface area contributed by atoms with Crippen molar-refractivity contribution in [2.75, 3.05) is 39.6 Å².